The van der Waals surface area contributed by atoms with Crippen LogP contribution in [0.15, 0.2) is 67.4 Å². The number of hydrogen-bond donors (Lipinski definition) is 1. The predicted octanol–water partition coefficient (Wildman–Crippen LogP) is 3.68. The van der Waals surface area contributed by atoms with Crippen molar-refractivity contribution in [3.8, 4) is 22.6 Å². The summed E-state index contributed by atoms with van der Waals surface area (Å²) in [6, 6.07) is 14.5. The highest BCUT2D eigenvalue weighted by Crippen LogP contribution is 2.35. The van der Waals surface area contributed by atoms with Crippen LogP contribution in [0.5, 0.6) is 0 Å². The lowest BCUT2D eigenvalue weighted by Crippen LogP contribution is -2.34. The Bertz CT molecular complexity index is 1150. The third kappa shape index (κ3) is 4.22. The van der Waals surface area contributed by atoms with Gasteiger partial charge in [-0.3, -0.25) is 4.90 Å². The number of hydrogen-bond acceptors (Lipinski definition) is 7. The van der Waals surface area contributed by atoms with Crippen molar-refractivity contribution in [1.82, 2.24) is 34.4 Å². The van der Waals surface area contributed by atoms with E-state index in [9.17, 15) is 0 Å². The quantitative estimate of drug-likeness (QED) is 0.503. The molecule has 0 aliphatic carbocycles. The van der Waals surface area contributed by atoms with Gasteiger partial charge in [-0.05, 0) is 25.0 Å². The van der Waals surface area contributed by atoms with Gasteiger partial charge in [0.25, 0.3) is 0 Å². The summed E-state index contributed by atoms with van der Waals surface area (Å²) in [5.41, 5.74) is 3.96. The third-order valence-electron chi connectivity index (χ3n) is 5.90. The molecule has 4 aromatic rings. The first-order valence-corrected chi connectivity index (χ1v) is 10.9. The Morgan fingerprint density at radius 2 is 1.69 bits per heavy atom. The maximum Gasteiger partial charge on any atom is 0.222 e. The van der Waals surface area contributed by atoms with Crippen LogP contribution in [-0.2, 0) is 6.54 Å². The smallest absolute Gasteiger partial charge is 0.222 e. The minimum atomic E-state index is 0.357. The molecular formula is C24H26N8. The number of likely N-dealkylation sites (tertiary alicyclic amines) is 1. The summed E-state index contributed by atoms with van der Waals surface area (Å²) in [6.07, 6.45) is 9.45. The van der Waals surface area contributed by atoms with Crippen molar-refractivity contribution in [3.05, 3.63) is 73.2 Å². The lowest BCUT2D eigenvalue weighted by molar-refractivity contribution is 0.176. The molecule has 1 saturated heterocycles. The second-order valence-electron chi connectivity index (χ2n) is 7.90. The molecule has 162 valence electrons. The lowest BCUT2D eigenvalue weighted by Gasteiger charge is -2.32. The fourth-order valence-electron chi connectivity index (χ4n) is 4.28. The topological polar surface area (TPSA) is 84.7 Å². The number of nitrogens with zero attached hydrogens (tertiary/aromatic N) is 7. The molecule has 1 aliphatic rings. The van der Waals surface area contributed by atoms with E-state index in [0.29, 0.717) is 12.0 Å². The number of benzene rings is 1. The van der Waals surface area contributed by atoms with Crippen LogP contribution in [0.2, 0.25) is 0 Å². The Morgan fingerprint density at radius 1 is 0.906 bits per heavy atom. The second-order valence-corrected chi connectivity index (χ2v) is 7.90. The van der Waals surface area contributed by atoms with E-state index in [4.69, 9.17) is 9.97 Å². The molecule has 4 heterocycles. The van der Waals surface area contributed by atoms with Crippen molar-refractivity contribution in [1.29, 1.82) is 0 Å². The number of nitrogens with one attached hydrogen (secondary N) is 1. The van der Waals surface area contributed by atoms with Gasteiger partial charge in [-0.15, -0.1) is 0 Å². The van der Waals surface area contributed by atoms with Gasteiger partial charge < -0.3 is 9.88 Å². The average Bonchev–Trinajstić information content (AvgIpc) is 3.31. The summed E-state index contributed by atoms with van der Waals surface area (Å²) in [4.78, 5) is 25.0. The Labute approximate surface area is 187 Å². The van der Waals surface area contributed by atoms with Gasteiger partial charge in [0.1, 0.15) is 5.82 Å². The highest BCUT2D eigenvalue weighted by molar-refractivity contribution is 5.77. The SMILES string of the molecule is CNc1nccc(-c2c(-c3ccccc3)ncn2C2CCN(Cc3ncccn3)CC2)n1. The molecular weight excluding hydrogens is 400 g/mol. The maximum atomic E-state index is 4.83. The Kier molecular flexibility index (Phi) is 5.85. The summed E-state index contributed by atoms with van der Waals surface area (Å²) in [7, 11) is 1.83. The van der Waals surface area contributed by atoms with Crippen molar-refractivity contribution in [2.75, 3.05) is 25.5 Å². The molecule has 32 heavy (non-hydrogen) atoms. The summed E-state index contributed by atoms with van der Waals surface area (Å²) >= 11 is 0. The van der Waals surface area contributed by atoms with Gasteiger partial charge in [0.2, 0.25) is 5.95 Å². The Balaban J connectivity index is 1.43. The summed E-state index contributed by atoms with van der Waals surface area (Å²) in [5.74, 6) is 1.48. The minimum Gasteiger partial charge on any atom is -0.357 e. The third-order valence-corrected chi connectivity index (χ3v) is 5.90. The summed E-state index contributed by atoms with van der Waals surface area (Å²) in [5, 5.41) is 3.05. The molecule has 0 atom stereocenters. The monoisotopic (exact) mass is 426 g/mol. The summed E-state index contributed by atoms with van der Waals surface area (Å²) < 4.78 is 2.31. The first-order chi connectivity index (χ1) is 15.8. The van der Waals surface area contributed by atoms with Gasteiger partial charge in [0.05, 0.1) is 30.0 Å². The molecule has 1 aliphatic heterocycles. The van der Waals surface area contributed by atoms with E-state index in [2.05, 4.69) is 41.9 Å². The molecule has 0 bridgehead atoms. The van der Waals surface area contributed by atoms with E-state index in [-0.39, 0.29) is 0 Å². The van der Waals surface area contributed by atoms with Crippen molar-refractivity contribution < 1.29 is 0 Å². The molecule has 8 heteroatoms. The van der Waals surface area contributed by atoms with E-state index in [1.807, 2.05) is 43.7 Å². The average molecular weight is 427 g/mol. The van der Waals surface area contributed by atoms with Gasteiger partial charge >= 0.3 is 0 Å². The minimum absolute atomic E-state index is 0.357. The standard InChI is InChI=1S/C24H26N8/c1-25-24-28-13-8-20(30-24)23-22(18-6-3-2-4-7-18)29-17-32(23)19-9-14-31(15-10-19)16-21-26-11-5-12-27-21/h2-8,11-13,17,19H,9-10,14-16H2,1H3,(H,25,28,30). The molecule has 0 spiro atoms. The van der Waals surface area contributed by atoms with Gasteiger partial charge in [-0.2, -0.15) is 0 Å². The fraction of sp³-hybridized carbons (Fsp3) is 0.292. The zero-order valence-corrected chi connectivity index (χ0v) is 18.1. The van der Waals surface area contributed by atoms with Crippen LogP contribution in [0, 0.1) is 0 Å². The van der Waals surface area contributed by atoms with Crippen LogP contribution >= 0.6 is 0 Å². The zero-order valence-electron chi connectivity index (χ0n) is 18.1. The number of piperidine rings is 1. The molecule has 0 amide bonds. The first kappa shape index (κ1) is 20.3. The van der Waals surface area contributed by atoms with E-state index < -0.39 is 0 Å². The number of rotatable bonds is 6. The largest absolute Gasteiger partial charge is 0.357 e. The molecule has 1 N–H and O–H groups in total. The highest BCUT2D eigenvalue weighted by Gasteiger charge is 2.26. The number of anilines is 1. The molecule has 1 aromatic carbocycles. The van der Waals surface area contributed by atoms with E-state index in [1.54, 1.807) is 18.6 Å². The van der Waals surface area contributed by atoms with Crippen LogP contribution < -0.4 is 5.32 Å². The van der Waals surface area contributed by atoms with E-state index in [1.165, 1.54) is 0 Å². The van der Waals surface area contributed by atoms with Crippen LogP contribution in [0.4, 0.5) is 5.95 Å². The summed E-state index contributed by atoms with van der Waals surface area (Å²) in [6.45, 7) is 2.77. The molecule has 0 unspecified atom stereocenters. The molecule has 1 fully saturated rings. The van der Waals surface area contributed by atoms with Gasteiger partial charge in [0, 0.05) is 50.3 Å². The highest BCUT2D eigenvalue weighted by atomic mass is 15.2. The van der Waals surface area contributed by atoms with Crippen LogP contribution in [-0.4, -0.2) is 54.5 Å². The van der Waals surface area contributed by atoms with Crippen molar-refractivity contribution in [2.45, 2.75) is 25.4 Å². The van der Waals surface area contributed by atoms with Crippen molar-refractivity contribution >= 4 is 5.95 Å². The Hall–Kier alpha value is -3.65. The zero-order chi connectivity index (χ0) is 21.8. The molecule has 0 saturated carbocycles. The van der Waals surface area contributed by atoms with E-state index >= 15 is 0 Å². The molecule has 8 nitrogen and oxygen atoms in total. The van der Waals surface area contributed by atoms with Crippen molar-refractivity contribution in [2.24, 2.45) is 0 Å². The second kappa shape index (κ2) is 9.23. The molecule has 3 aromatic heterocycles. The maximum absolute atomic E-state index is 4.83. The fourth-order valence-corrected chi connectivity index (χ4v) is 4.28. The Morgan fingerprint density at radius 3 is 2.44 bits per heavy atom. The number of imidazole rings is 1. The number of aromatic nitrogens is 6. The van der Waals surface area contributed by atoms with Gasteiger partial charge in [0.15, 0.2) is 0 Å². The lowest BCUT2D eigenvalue weighted by atomic mass is 10.0. The van der Waals surface area contributed by atoms with Crippen LogP contribution in [0.3, 0.4) is 0 Å². The molecule has 0 radical (unpaired) electrons. The molecule has 5 rings (SSSR count). The predicted molar refractivity (Wildman–Crippen MR) is 124 cm³/mol. The van der Waals surface area contributed by atoms with Gasteiger partial charge in [-0.25, -0.2) is 24.9 Å². The first-order valence-electron chi connectivity index (χ1n) is 10.9. The normalized spacial score (nSPS) is 15.0. The van der Waals surface area contributed by atoms with E-state index in [0.717, 1.165) is 60.9 Å². The van der Waals surface area contributed by atoms with Crippen LogP contribution in [0.25, 0.3) is 22.6 Å². The van der Waals surface area contributed by atoms with Crippen molar-refractivity contribution in [3.63, 3.8) is 0 Å². The van der Waals surface area contributed by atoms with Gasteiger partial charge in [-0.1, -0.05) is 30.3 Å². The van der Waals surface area contributed by atoms with Crippen LogP contribution in [0.1, 0.15) is 24.7 Å².